The largest absolute Gasteiger partial charge is 0.461 e. The van der Waals surface area contributed by atoms with E-state index in [1.54, 1.807) is 0 Å². The van der Waals surface area contributed by atoms with Crippen molar-refractivity contribution >= 4 is 37.5 Å². The molecule has 0 spiro atoms. The standard InChI is InChI=1S/C24H31ClN3O9PS/c1-14(21(31)35-16-5-3-4-6-16)27-38(33,37-17-9-7-15(25)8-10-17)34-13-18-20(30)24(2,32)22(36-18)28-12-11-19(29)26-23(28)39/h7-12,14,16,18,20,22,30,32H,3-6,13H2,1-2H3,(H,27,33)(H,26,29,39)/t14-,18+,20?,22+,24+,38?/m0/s1. The van der Waals surface area contributed by atoms with Crippen LogP contribution < -0.4 is 15.2 Å². The Hall–Kier alpha value is -2.09. The second-order valence-corrected chi connectivity index (χ2v) is 12.3. The normalized spacial score (nSPS) is 27.7. The minimum atomic E-state index is -4.28. The number of H-pyrrole nitrogens is 1. The molecular formula is C24H31ClN3O9PS. The summed E-state index contributed by atoms with van der Waals surface area (Å²) >= 11 is 11.1. The summed E-state index contributed by atoms with van der Waals surface area (Å²) in [6, 6.07) is 6.13. The van der Waals surface area contributed by atoms with Crippen LogP contribution in [0.3, 0.4) is 0 Å². The minimum absolute atomic E-state index is 0.0328. The van der Waals surface area contributed by atoms with Crippen LogP contribution in [0.2, 0.25) is 5.02 Å². The average molecular weight is 604 g/mol. The van der Waals surface area contributed by atoms with Gasteiger partial charge in [0.2, 0.25) is 0 Å². The van der Waals surface area contributed by atoms with Gasteiger partial charge in [0.05, 0.1) is 6.61 Å². The quantitative estimate of drug-likeness (QED) is 0.179. The first kappa shape index (κ1) is 29.9. The fraction of sp³-hybridized carbons (Fsp3) is 0.542. The lowest BCUT2D eigenvalue weighted by molar-refractivity contribution is -0.150. The molecule has 2 aromatic rings. The highest BCUT2D eigenvalue weighted by Gasteiger charge is 2.54. The third kappa shape index (κ3) is 7.17. The van der Waals surface area contributed by atoms with E-state index in [1.807, 2.05) is 0 Å². The number of esters is 1. The van der Waals surface area contributed by atoms with Crippen molar-refractivity contribution in [2.45, 2.75) is 75.7 Å². The lowest BCUT2D eigenvalue weighted by Crippen LogP contribution is -2.45. The summed E-state index contributed by atoms with van der Waals surface area (Å²) in [7, 11) is -4.28. The number of aliphatic hydroxyl groups excluding tert-OH is 1. The van der Waals surface area contributed by atoms with E-state index < -0.39 is 56.0 Å². The van der Waals surface area contributed by atoms with Gasteiger partial charge in [0.1, 0.15) is 35.7 Å². The highest BCUT2D eigenvalue weighted by Crippen LogP contribution is 2.47. The summed E-state index contributed by atoms with van der Waals surface area (Å²) in [5.41, 5.74) is -2.31. The first-order chi connectivity index (χ1) is 18.4. The van der Waals surface area contributed by atoms with Gasteiger partial charge in [0, 0.05) is 17.3 Å². The van der Waals surface area contributed by atoms with Crippen molar-refractivity contribution in [1.29, 1.82) is 0 Å². The van der Waals surface area contributed by atoms with Gasteiger partial charge in [-0.05, 0) is 76.0 Å². The predicted octanol–water partition coefficient (Wildman–Crippen LogP) is 3.24. The second-order valence-electron chi connectivity index (χ2n) is 9.75. The lowest BCUT2D eigenvalue weighted by atomic mass is 9.96. The monoisotopic (exact) mass is 603 g/mol. The summed E-state index contributed by atoms with van der Waals surface area (Å²) in [6.07, 6.45) is 0.712. The van der Waals surface area contributed by atoms with Crippen molar-refractivity contribution in [3.05, 3.63) is 56.7 Å². The minimum Gasteiger partial charge on any atom is -0.461 e. The molecule has 1 aliphatic heterocycles. The molecule has 1 aromatic carbocycles. The maximum absolute atomic E-state index is 13.8. The number of hydrogen-bond acceptors (Lipinski definition) is 10. The van der Waals surface area contributed by atoms with Crippen LogP contribution in [0.1, 0.15) is 45.8 Å². The van der Waals surface area contributed by atoms with Crippen molar-refractivity contribution in [2.75, 3.05) is 6.61 Å². The fourth-order valence-corrected chi connectivity index (χ4v) is 6.33. The van der Waals surface area contributed by atoms with Gasteiger partial charge < -0.3 is 24.2 Å². The zero-order valence-corrected chi connectivity index (χ0v) is 23.8. The zero-order valence-electron chi connectivity index (χ0n) is 21.3. The Labute approximate surface area is 234 Å². The van der Waals surface area contributed by atoms with Gasteiger partial charge in [0.25, 0.3) is 5.56 Å². The van der Waals surface area contributed by atoms with Crippen molar-refractivity contribution in [2.24, 2.45) is 0 Å². The molecule has 6 atom stereocenters. The number of halogens is 1. The predicted molar refractivity (Wildman–Crippen MR) is 143 cm³/mol. The molecule has 0 bridgehead atoms. The molecule has 1 saturated heterocycles. The Bertz CT molecular complexity index is 1330. The number of ether oxygens (including phenoxy) is 2. The van der Waals surface area contributed by atoms with Gasteiger partial charge in [-0.1, -0.05) is 11.6 Å². The molecule has 4 N–H and O–H groups in total. The summed E-state index contributed by atoms with van der Waals surface area (Å²) in [4.78, 5) is 26.6. The molecule has 12 nitrogen and oxygen atoms in total. The van der Waals surface area contributed by atoms with Gasteiger partial charge in [0.15, 0.2) is 11.0 Å². The Morgan fingerprint density at radius 2 is 2.00 bits per heavy atom. The van der Waals surface area contributed by atoms with Crippen molar-refractivity contribution in [3.63, 3.8) is 0 Å². The third-order valence-corrected chi connectivity index (χ3v) is 8.81. The third-order valence-electron chi connectivity index (χ3n) is 6.60. The average Bonchev–Trinajstić information content (AvgIpc) is 3.46. The van der Waals surface area contributed by atoms with Crippen molar-refractivity contribution in [1.82, 2.24) is 14.6 Å². The number of aliphatic hydroxyl groups is 2. The van der Waals surface area contributed by atoms with Crippen molar-refractivity contribution in [3.8, 4) is 5.75 Å². The number of rotatable bonds is 10. The Kier molecular flexibility index (Phi) is 9.34. The summed E-state index contributed by atoms with van der Waals surface area (Å²) < 4.78 is 37.7. The Morgan fingerprint density at radius 1 is 1.33 bits per heavy atom. The van der Waals surface area contributed by atoms with Crippen LogP contribution in [-0.2, 0) is 23.4 Å². The van der Waals surface area contributed by atoms with Crippen LogP contribution in [-0.4, -0.2) is 62.3 Å². The van der Waals surface area contributed by atoms with E-state index in [-0.39, 0.29) is 16.6 Å². The maximum Gasteiger partial charge on any atom is 0.459 e. The molecule has 0 radical (unpaired) electrons. The van der Waals surface area contributed by atoms with Gasteiger partial charge in [-0.3, -0.25) is 23.7 Å². The van der Waals surface area contributed by atoms with E-state index in [0.29, 0.717) is 5.02 Å². The molecule has 1 aromatic heterocycles. The number of nitrogens with one attached hydrogen (secondary N) is 2. The zero-order chi connectivity index (χ0) is 28.4. The molecule has 2 aliphatic rings. The number of aromatic amines is 1. The van der Waals surface area contributed by atoms with Crippen LogP contribution in [0.4, 0.5) is 0 Å². The van der Waals surface area contributed by atoms with Crippen LogP contribution in [0, 0.1) is 4.77 Å². The molecule has 2 heterocycles. The van der Waals surface area contributed by atoms with Gasteiger partial charge in [-0.15, -0.1) is 0 Å². The van der Waals surface area contributed by atoms with E-state index in [1.165, 1.54) is 54.9 Å². The Morgan fingerprint density at radius 3 is 2.64 bits per heavy atom. The number of aromatic nitrogens is 2. The number of carbonyl (C=O) groups is 1. The molecule has 214 valence electrons. The highest BCUT2D eigenvalue weighted by molar-refractivity contribution is 7.71. The SMILES string of the molecule is C[C@H](NP(=O)(OC[C@H]1O[C@@H](n2ccc(=O)[nH]c2=S)[C@](C)(O)C1O)Oc1ccc(Cl)cc1)C(=O)OC1CCCC1. The summed E-state index contributed by atoms with van der Waals surface area (Å²) in [5.74, 6) is -0.470. The highest BCUT2D eigenvalue weighted by atomic mass is 35.5. The number of nitrogens with zero attached hydrogens (tertiary/aromatic N) is 1. The lowest BCUT2D eigenvalue weighted by Gasteiger charge is -2.28. The van der Waals surface area contributed by atoms with Crippen LogP contribution in [0.15, 0.2) is 41.3 Å². The molecule has 4 rings (SSSR count). The summed E-state index contributed by atoms with van der Waals surface area (Å²) in [5, 5.41) is 24.8. The Balaban J connectivity index is 1.50. The molecule has 1 aliphatic carbocycles. The molecule has 1 saturated carbocycles. The topological polar surface area (TPSA) is 161 Å². The van der Waals surface area contributed by atoms with Crippen LogP contribution >= 0.6 is 31.6 Å². The van der Waals surface area contributed by atoms with Gasteiger partial charge in [-0.2, -0.15) is 5.09 Å². The smallest absolute Gasteiger partial charge is 0.459 e. The number of hydrogen-bond donors (Lipinski definition) is 4. The first-order valence-corrected chi connectivity index (χ1v) is 14.8. The molecule has 39 heavy (non-hydrogen) atoms. The van der Waals surface area contributed by atoms with E-state index in [9.17, 15) is 24.4 Å². The maximum atomic E-state index is 13.8. The van der Waals surface area contributed by atoms with Crippen LogP contribution in [0.25, 0.3) is 0 Å². The van der Waals surface area contributed by atoms with E-state index in [0.717, 1.165) is 25.7 Å². The van der Waals surface area contributed by atoms with Gasteiger partial charge in [-0.25, -0.2) is 4.57 Å². The second kappa shape index (κ2) is 12.2. The van der Waals surface area contributed by atoms with Crippen molar-refractivity contribution < 1.29 is 38.1 Å². The molecule has 0 amide bonds. The van der Waals surface area contributed by atoms with E-state index in [2.05, 4.69) is 10.1 Å². The molecular weight excluding hydrogens is 573 g/mol. The number of carbonyl (C=O) groups excluding carboxylic acids is 1. The summed E-state index contributed by atoms with van der Waals surface area (Å²) in [6.45, 7) is 2.29. The first-order valence-electron chi connectivity index (χ1n) is 12.4. The molecule has 2 unspecified atom stereocenters. The van der Waals surface area contributed by atoms with Crippen LogP contribution in [0.5, 0.6) is 5.75 Å². The number of benzene rings is 1. The fourth-order valence-electron chi connectivity index (χ4n) is 4.45. The van der Waals surface area contributed by atoms with E-state index in [4.69, 9.17) is 42.3 Å². The van der Waals surface area contributed by atoms with E-state index >= 15 is 0 Å². The molecule has 15 heteroatoms. The molecule has 2 fully saturated rings. The van der Waals surface area contributed by atoms with Gasteiger partial charge >= 0.3 is 13.7 Å².